The highest BCUT2D eigenvalue weighted by Crippen LogP contribution is 2.67. The van der Waals surface area contributed by atoms with Crippen LogP contribution in [0.15, 0.2) is 36.0 Å². The lowest BCUT2D eigenvalue weighted by atomic mass is 9.47. The van der Waals surface area contributed by atoms with Crippen LogP contribution in [0.5, 0.6) is 0 Å². The Hall–Kier alpha value is -1.02. The monoisotopic (exact) mass is 840 g/mol. The first kappa shape index (κ1) is 51.6. The Morgan fingerprint density at radius 3 is 2.22 bits per heavy atom. The molecule has 0 bridgehead atoms. The molecule has 11 atom stereocenters. The van der Waals surface area contributed by atoms with Gasteiger partial charge in [0, 0.05) is 0 Å². The van der Waals surface area contributed by atoms with Gasteiger partial charge in [-0.25, -0.2) is 0 Å². The average molecular weight is 840 g/mol. The van der Waals surface area contributed by atoms with Crippen molar-refractivity contribution in [2.75, 3.05) is 47.1 Å². The lowest BCUT2D eigenvalue weighted by Crippen LogP contribution is -2.51. The first-order valence-corrected chi connectivity index (χ1v) is 25.7. The van der Waals surface area contributed by atoms with E-state index in [1.165, 1.54) is 103 Å². The van der Waals surface area contributed by atoms with Crippen LogP contribution in [0.1, 0.15) is 189 Å². The molecule has 6 heteroatoms. The Morgan fingerprint density at radius 2 is 1.50 bits per heavy atom. The van der Waals surface area contributed by atoms with Crippen LogP contribution < -0.4 is 0 Å². The number of ether oxygens (including phenoxy) is 3. The molecule has 0 saturated heterocycles. The van der Waals surface area contributed by atoms with Crippen molar-refractivity contribution >= 4 is 0 Å². The Kier molecular flexibility index (Phi) is 23.5. The maximum atomic E-state index is 11.1. The van der Waals surface area contributed by atoms with Gasteiger partial charge in [0.05, 0.1) is 57.4 Å². The van der Waals surface area contributed by atoms with Gasteiger partial charge in [-0.1, -0.05) is 135 Å². The number of allylic oxidation sites excluding steroid dienone is 5. The SMILES string of the molecule is CCCCC/C=C\C/C=C\CCCCCCCC(O)C(C(CO)OCCOCCO[C@H]1CC[C@@]2(C)C(=CCC3C4CCC(C(C)CCCC(C)C)[C@@]4(C)CCC32)C1)N(C)C. The number of rotatable bonds is 31. The second-order valence-corrected chi connectivity index (χ2v) is 21.3. The minimum atomic E-state index is -0.543. The number of likely N-dealkylation sites (N-methyl/N-ethyl adjacent to an activating group) is 1. The summed E-state index contributed by atoms with van der Waals surface area (Å²) < 4.78 is 18.5. The Morgan fingerprint density at radius 1 is 0.783 bits per heavy atom. The third-order valence-corrected chi connectivity index (χ3v) is 16.4. The second-order valence-electron chi connectivity index (χ2n) is 21.3. The van der Waals surface area contributed by atoms with Gasteiger partial charge in [0.1, 0.15) is 0 Å². The van der Waals surface area contributed by atoms with Crippen LogP contribution in [0.25, 0.3) is 0 Å². The van der Waals surface area contributed by atoms with E-state index in [0.29, 0.717) is 37.3 Å². The highest BCUT2D eigenvalue weighted by atomic mass is 16.6. The van der Waals surface area contributed by atoms with E-state index < -0.39 is 12.2 Å². The Bertz CT molecular complexity index is 1250. The number of hydrogen-bond donors (Lipinski definition) is 2. The molecule has 0 spiro atoms. The molecule has 4 aliphatic rings. The zero-order valence-electron chi connectivity index (χ0n) is 40.5. The molecule has 4 rings (SSSR count). The average Bonchev–Trinajstić information content (AvgIpc) is 3.58. The van der Waals surface area contributed by atoms with Gasteiger partial charge >= 0.3 is 0 Å². The van der Waals surface area contributed by atoms with Gasteiger partial charge in [0.2, 0.25) is 0 Å². The van der Waals surface area contributed by atoms with E-state index in [9.17, 15) is 10.2 Å². The Labute approximate surface area is 371 Å². The summed E-state index contributed by atoms with van der Waals surface area (Å²) in [6.45, 7) is 16.8. The number of aliphatic hydroxyl groups excluding tert-OH is 2. The summed E-state index contributed by atoms with van der Waals surface area (Å²) in [6, 6.07) is -0.258. The normalized spacial score (nSPS) is 30.1. The molecule has 3 fully saturated rings. The summed E-state index contributed by atoms with van der Waals surface area (Å²) in [4.78, 5) is 2.00. The van der Waals surface area contributed by atoms with Crippen molar-refractivity contribution in [3.8, 4) is 0 Å². The fraction of sp³-hybridized carbons (Fsp3) is 0.889. The van der Waals surface area contributed by atoms with Gasteiger partial charge in [0.25, 0.3) is 0 Å². The van der Waals surface area contributed by atoms with E-state index in [-0.39, 0.29) is 18.8 Å². The van der Waals surface area contributed by atoms with E-state index in [0.717, 1.165) is 80.5 Å². The third kappa shape index (κ3) is 15.3. The van der Waals surface area contributed by atoms with E-state index in [4.69, 9.17) is 14.2 Å². The minimum absolute atomic E-state index is 0.124. The number of aliphatic hydroxyl groups is 2. The molecular weight excluding hydrogens is 743 g/mol. The summed E-state index contributed by atoms with van der Waals surface area (Å²) in [7, 11) is 3.93. The fourth-order valence-electron chi connectivity index (χ4n) is 12.9. The maximum absolute atomic E-state index is 11.1. The highest BCUT2D eigenvalue weighted by Gasteiger charge is 2.59. The molecule has 4 aliphatic carbocycles. The molecule has 0 aromatic heterocycles. The highest BCUT2D eigenvalue weighted by molar-refractivity contribution is 5.25. The topological polar surface area (TPSA) is 71.4 Å². The van der Waals surface area contributed by atoms with Gasteiger partial charge in [-0.3, -0.25) is 0 Å². The van der Waals surface area contributed by atoms with Crippen LogP contribution in [-0.4, -0.2) is 86.6 Å². The van der Waals surface area contributed by atoms with Gasteiger partial charge in [-0.15, -0.1) is 0 Å². The third-order valence-electron chi connectivity index (χ3n) is 16.4. The van der Waals surface area contributed by atoms with Crippen molar-refractivity contribution < 1.29 is 24.4 Å². The number of fused-ring (bicyclic) bond motifs is 5. The zero-order chi connectivity index (χ0) is 43.4. The van der Waals surface area contributed by atoms with Crippen LogP contribution in [0.2, 0.25) is 0 Å². The smallest absolute Gasteiger partial charge is 0.0986 e. The van der Waals surface area contributed by atoms with Crippen LogP contribution >= 0.6 is 0 Å². The Balaban J connectivity index is 1.08. The van der Waals surface area contributed by atoms with E-state index in [1.807, 2.05) is 19.0 Å². The number of hydrogen-bond acceptors (Lipinski definition) is 6. The first-order valence-electron chi connectivity index (χ1n) is 25.7. The van der Waals surface area contributed by atoms with E-state index in [2.05, 4.69) is 71.9 Å². The predicted octanol–water partition coefficient (Wildman–Crippen LogP) is 12.9. The largest absolute Gasteiger partial charge is 0.394 e. The quantitative estimate of drug-likeness (QED) is 0.0535. The van der Waals surface area contributed by atoms with Crippen LogP contribution in [0, 0.1) is 46.3 Å². The van der Waals surface area contributed by atoms with Crippen LogP contribution in [0.3, 0.4) is 0 Å². The lowest BCUT2D eigenvalue weighted by Gasteiger charge is -2.58. The van der Waals surface area contributed by atoms with Crippen molar-refractivity contribution in [2.45, 2.75) is 214 Å². The molecule has 0 aromatic rings. The lowest BCUT2D eigenvalue weighted by molar-refractivity contribution is -0.0905. The van der Waals surface area contributed by atoms with E-state index in [1.54, 1.807) is 5.57 Å². The molecule has 0 heterocycles. The second kappa shape index (κ2) is 27.3. The molecule has 0 radical (unpaired) electrons. The van der Waals surface area contributed by atoms with E-state index >= 15 is 0 Å². The zero-order valence-corrected chi connectivity index (χ0v) is 40.5. The molecule has 0 aromatic carbocycles. The number of nitrogens with zero attached hydrogens (tertiary/aromatic N) is 1. The van der Waals surface area contributed by atoms with Gasteiger partial charge in [-0.2, -0.15) is 0 Å². The summed E-state index contributed by atoms with van der Waals surface area (Å²) in [6.07, 6.45) is 39.8. The van der Waals surface area contributed by atoms with Crippen LogP contribution in [-0.2, 0) is 14.2 Å². The van der Waals surface area contributed by atoms with Crippen molar-refractivity contribution in [3.63, 3.8) is 0 Å². The summed E-state index contributed by atoms with van der Waals surface area (Å²) in [5.41, 5.74) is 2.59. The van der Waals surface area contributed by atoms with Crippen molar-refractivity contribution in [1.29, 1.82) is 0 Å². The molecule has 0 aliphatic heterocycles. The maximum Gasteiger partial charge on any atom is 0.0986 e. The minimum Gasteiger partial charge on any atom is -0.394 e. The van der Waals surface area contributed by atoms with Crippen molar-refractivity contribution in [3.05, 3.63) is 36.0 Å². The van der Waals surface area contributed by atoms with Crippen molar-refractivity contribution in [1.82, 2.24) is 4.90 Å². The van der Waals surface area contributed by atoms with Crippen LogP contribution in [0.4, 0.5) is 0 Å². The molecule has 8 unspecified atom stereocenters. The summed E-state index contributed by atoms with van der Waals surface area (Å²) in [5, 5.41) is 21.4. The predicted molar refractivity (Wildman–Crippen MR) is 253 cm³/mol. The molecule has 6 nitrogen and oxygen atoms in total. The number of unbranched alkanes of at least 4 members (excludes halogenated alkanes) is 8. The molecule has 3 saturated carbocycles. The molecular formula is C54H97NO5. The molecule has 0 amide bonds. The first-order chi connectivity index (χ1) is 29.0. The summed E-state index contributed by atoms with van der Waals surface area (Å²) in [5.74, 6) is 5.24. The van der Waals surface area contributed by atoms with Gasteiger partial charge in [-0.05, 0) is 150 Å². The molecule has 2 N–H and O–H groups in total. The van der Waals surface area contributed by atoms with Gasteiger partial charge < -0.3 is 29.3 Å². The van der Waals surface area contributed by atoms with Gasteiger partial charge in [0.15, 0.2) is 0 Å². The van der Waals surface area contributed by atoms with Crippen molar-refractivity contribution in [2.24, 2.45) is 46.3 Å². The molecule has 348 valence electrons. The summed E-state index contributed by atoms with van der Waals surface area (Å²) >= 11 is 0. The fourth-order valence-corrected chi connectivity index (χ4v) is 12.9. The standard InChI is InChI=1S/C54H97NO5/c1-9-10-11-12-13-14-15-16-17-18-19-20-21-22-23-27-50(57)52(55(7)8)51(41-56)60-39-37-58-36-38-59-45-32-34-53(5)44(40-45)28-29-46-48-31-30-47(43(4)26-24-25-42(2)3)54(48,6)35-33-49(46)53/h13-14,16-17,28,42-43,45-52,56-57H,9-12,15,18-27,29-41H2,1-8H3/b14-13-,17-16-/t43?,45-,46?,47?,48?,49?,50?,51?,52?,53-,54+/m0/s1. The molecule has 60 heavy (non-hydrogen) atoms.